The number of hydrogen-bond acceptors (Lipinski definition) is 5. The molecule has 0 N–H and O–H groups in total. The molecule has 0 unspecified atom stereocenters. The van der Waals surface area contributed by atoms with Crippen LogP contribution in [0.4, 0.5) is 0 Å². The number of hydrogen-bond donors (Lipinski definition) is 0. The molecular formula is C6H11Cl2O2PS3. The highest BCUT2D eigenvalue weighted by Gasteiger charge is 2.15. The second-order valence-corrected chi connectivity index (χ2v) is 10.9. The number of rotatable bonds is 7. The summed E-state index contributed by atoms with van der Waals surface area (Å²) in [7, 11) is 3.13. The highest BCUT2D eigenvalue weighted by molar-refractivity contribution is 8.69. The van der Waals surface area contributed by atoms with Gasteiger partial charge in [-0.2, -0.15) is 0 Å². The molecule has 0 atom stereocenters. The van der Waals surface area contributed by atoms with E-state index in [-0.39, 0.29) is 0 Å². The third-order valence-electron chi connectivity index (χ3n) is 1.10. The van der Waals surface area contributed by atoms with Crippen LogP contribution in [-0.2, 0) is 20.9 Å². The van der Waals surface area contributed by atoms with Crippen molar-refractivity contribution < 1.29 is 9.05 Å². The Kier molecular flexibility index (Phi) is 9.70. The van der Waals surface area contributed by atoms with Crippen molar-refractivity contribution in [3.05, 3.63) is 10.6 Å². The average molecular weight is 313 g/mol. The van der Waals surface area contributed by atoms with Gasteiger partial charge in [-0.25, -0.2) is 0 Å². The first-order valence-corrected chi connectivity index (χ1v) is 9.63. The zero-order valence-electron chi connectivity index (χ0n) is 7.74. The maximum absolute atomic E-state index is 5.44. The molecule has 0 amide bonds. The van der Waals surface area contributed by atoms with E-state index in [9.17, 15) is 0 Å². The van der Waals surface area contributed by atoms with E-state index in [1.807, 2.05) is 0 Å². The Labute approximate surface area is 108 Å². The van der Waals surface area contributed by atoms with Crippen LogP contribution in [-0.4, -0.2) is 25.1 Å². The van der Waals surface area contributed by atoms with Gasteiger partial charge in [0.05, 0.1) is 0 Å². The lowest BCUT2D eigenvalue weighted by Gasteiger charge is -2.15. The molecule has 0 spiro atoms. The molecule has 0 rings (SSSR count). The molecule has 0 aromatic carbocycles. The van der Waals surface area contributed by atoms with Crippen LogP contribution >= 0.6 is 52.0 Å². The topological polar surface area (TPSA) is 18.5 Å². The molecule has 0 saturated heterocycles. The highest BCUT2D eigenvalue weighted by Crippen LogP contribution is 2.60. The van der Waals surface area contributed by atoms with Gasteiger partial charge in [-0.3, -0.25) is 0 Å². The number of thioether (sulfide) groups is 1. The molecule has 0 aromatic rings. The van der Waals surface area contributed by atoms with Gasteiger partial charge >= 0.3 is 0 Å². The van der Waals surface area contributed by atoms with Crippen molar-refractivity contribution in [2.45, 2.75) is 0 Å². The molecule has 2 nitrogen and oxygen atoms in total. The Bertz CT molecular complexity index is 225. The van der Waals surface area contributed by atoms with Crippen LogP contribution in [0.15, 0.2) is 10.6 Å². The Morgan fingerprint density at radius 1 is 1.43 bits per heavy atom. The molecule has 0 heterocycles. The summed E-state index contributed by atoms with van der Waals surface area (Å²) in [6.07, 6.45) is 1.73. The molecule has 0 aliphatic rings. The van der Waals surface area contributed by atoms with E-state index in [4.69, 9.17) is 44.1 Å². The number of halogens is 2. The Balaban J connectivity index is 3.63. The zero-order valence-corrected chi connectivity index (χ0v) is 12.6. The van der Waals surface area contributed by atoms with Gasteiger partial charge < -0.3 is 9.05 Å². The van der Waals surface area contributed by atoms with Crippen LogP contribution < -0.4 is 0 Å². The van der Waals surface area contributed by atoms with E-state index < -0.39 is 5.69 Å². The molecule has 84 valence electrons. The van der Waals surface area contributed by atoms with Gasteiger partial charge in [-0.1, -0.05) is 34.6 Å². The third-order valence-corrected chi connectivity index (χ3v) is 8.74. The van der Waals surface area contributed by atoms with Gasteiger partial charge in [-0.15, -0.1) is 11.8 Å². The van der Waals surface area contributed by atoms with Crippen LogP contribution in [0.25, 0.3) is 0 Å². The molecule has 0 fully saturated rings. The Morgan fingerprint density at radius 3 is 2.43 bits per heavy atom. The largest absolute Gasteiger partial charge is 0.325 e. The SMILES string of the molecule is COP(=S)(OC)SCSCC=C(Cl)Cl. The third kappa shape index (κ3) is 7.83. The molecule has 8 heteroatoms. The molecule has 0 bridgehead atoms. The molecule has 0 aromatic heterocycles. The van der Waals surface area contributed by atoms with Crippen LogP contribution in [0, 0.1) is 0 Å². The Morgan fingerprint density at radius 2 is 2.00 bits per heavy atom. The van der Waals surface area contributed by atoms with Crippen LogP contribution in [0.5, 0.6) is 0 Å². The lowest BCUT2D eigenvalue weighted by atomic mass is 10.8. The quantitative estimate of drug-likeness (QED) is 0.396. The fourth-order valence-electron chi connectivity index (χ4n) is 0.452. The first-order valence-electron chi connectivity index (χ1n) is 3.49. The summed E-state index contributed by atoms with van der Waals surface area (Å²) in [5, 5.41) is 0.802. The second-order valence-electron chi connectivity index (χ2n) is 1.92. The molecule has 0 radical (unpaired) electrons. The summed E-state index contributed by atoms with van der Waals surface area (Å²) >= 11 is 19.2. The molecule has 0 saturated carbocycles. The van der Waals surface area contributed by atoms with Crippen molar-refractivity contribution in [3.63, 3.8) is 0 Å². The standard InChI is InChI=1S/C6H11Cl2O2PS3/c1-9-11(12,10-2)14-5-13-4-3-6(7)8/h3H,4-5H2,1-2H3. The van der Waals surface area contributed by atoms with Gasteiger partial charge in [0.25, 0.3) is 0 Å². The fraction of sp³-hybridized carbons (Fsp3) is 0.667. The Hall–Kier alpha value is 1.59. The normalized spacial score (nSPS) is 11.4. The summed E-state index contributed by atoms with van der Waals surface area (Å²) in [4.78, 5) is 0. The smallest absolute Gasteiger partial charge is 0.247 e. The second kappa shape index (κ2) is 8.71. The van der Waals surface area contributed by atoms with Gasteiger partial charge in [-0.05, 0) is 17.9 Å². The van der Waals surface area contributed by atoms with Gasteiger partial charge in [0, 0.05) is 25.1 Å². The van der Waals surface area contributed by atoms with Crippen LogP contribution in [0.1, 0.15) is 0 Å². The van der Waals surface area contributed by atoms with Crippen molar-refractivity contribution in [2.75, 3.05) is 25.1 Å². The predicted molar refractivity (Wildman–Crippen MR) is 73.0 cm³/mol. The van der Waals surface area contributed by atoms with Crippen molar-refractivity contribution in [3.8, 4) is 0 Å². The molecular weight excluding hydrogens is 302 g/mol. The minimum Gasteiger partial charge on any atom is -0.325 e. The van der Waals surface area contributed by atoms with E-state index in [1.165, 1.54) is 11.4 Å². The first-order chi connectivity index (χ1) is 6.54. The van der Waals surface area contributed by atoms with Gasteiger partial charge in [0.15, 0.2) is 0 Å². The maximum Gasteiger partial charge on any atom is 0.247 e. The minimum atomic E-state index is -2.10. The summed E-state index contributed by atoms with van der Waals surface area (Å²) in [6, 6.07) is 0. The lowest BCUT2D eigenvalue weighted by Crippen LogP contribution is -1.84. The van der Waals surface area contributed by atoms with Crippen LogP contribution in [0.3, 0.4) is 0 Å². The fourth-order valence-corrected chi connectivity index (χ4v) is 6.26. The summed E-state index contributed by atoms with van der Waals surface area (Å²) in [5.74, 6) is 0.762. The van der Waals surface area contributed by atoms with Crippen molar-refractivity contribution >= 4 is 63.8 Å². The first kappa shape index (κ1) is 15.6. The summed E-state index contributed by atoms with van der Waals surface area (Å²) < 4.78 is 10.5. The average Bonchev–Trinajstić information content (AvgIpc) is 2.16. The predicted octanol–water partition coefficient (Wildman–Crippen LogP) is 4.25. The van der Waals surface area contributed by atoms with Crippen molar-refractivity contribution in [1.82, 2.24) is 0 Å². The van der Waals surface area contributed by atoms with E-state index in [0.29, 0.717) is 4.49 Å². The van der Waals surface area contributed by atoms with Gasteiger partial charge in [0.1, 0.15) is 4.49 Å². The zero-order chi connectivity index (χ0) is 11.0. The van der Waals surface area contributed by atoms with E-state index in [0.717, 1.165) is 10.8 Å². The van der Waals surface area contributed by atoms with E-state index in [2.05, 4.69) is 0 Å². The van der Waals surface area contributed by atoms with E-state index in [1.54, 1.807) is 32.1 Å². The minimum absolute atomic E-state index is 0.292. The van der Waals surface area contributed by atoms with E-state index >= 15 is 0 Å². The summed E-state index contributed by atoms with van der Waals surface area (Å²) in [6.45, 7) is 0. The highest BCUT2D eigenvalue weighted by atomic mass is 35.5. The molecule has 0 aliphatic carbocycles. The maximum atomic E-state index is 5.44. The molecule has 14 heavy (non-hydrogen) atoms. The summed E-state index contributed by atoms with van der Waals surface area (Å²) in [5.41, 5.74) is -2.10. The monoisotopic (exact) mass is 312 g/mol. The molecule has 0 aliphatic heterocycles. The van der Waals surface area contributed by atoms with Gasteiger partial charge in [0.2, 0.25) is 5.69 Å². The van der Waals surface area contributed by atoms with Crippen LogP contribution in [0.2, 0.25) is 0 Å². The van der Waals surface area contributed by atoms with Crippen molar-refractivity contribution in [1.29, 1.82) is 0 Å². The van der Waals surface area contributed by atoms with Crippen molar-refractivity contribution in [2.24, 2.45) is 0 Å². The lowest BCUT2D eigenvalue weighted by molar-refractivity contribution is 0.354.